The van der Waals surface area contributed by atoms with Crippen LogP contribution in [0.3, 0.4) is 0 Å². The molecule has 1 fully saturated rings. The van der Waals surface area contributed by atoms with E-state index < -0.39 is 0 Å². The highest BCUT2D eigenvalue weighted by molar-refractivity contribution is 5.95. The van der Waals surface area contributed by atoms with Crippen LogP contribution in [0.25, 0.3) is 0 Å². The lowest BCUT2D eigenvalue weighted by atomic mass is 10.0. The Kier molecular flexibility index (Phi) is 7.76. The fraction of sp³-hybridized carbons (Fsp3) is 0.458. The fourth-order valence-corrected chi connectivity index (χ4v) is 3.88. The van der Waals surface area contributed by atoms with Gasteiger partial charge in [-0.05, 0) is 31.7 Å². The number of likely N-dealkylation sites (N-methyl/N-ethyl adjacent to an activating group) is 1. The van der Waals surface area contributed by atoms with E-state index in [1.807, 2.05) is 0 Å². The van der Waals surface area contributed by atoms with Crippen LogP contribution in [0.5, 0.6) is 17.2 Å². The number of hydrogen-bond donors (Lipinski definition) is 1. The first-order chi connectivity index (χ1) is 15.0. The zero-order valence-corrected chi connectivity index (χ0v) is 19.1. The summed E-state index contributed by atoms with van der Waals surface area (Å²) in [5.74, 6) is 1.21. The first-order valence-corrected chi connectivity index (χ1v) is 10.5. The van der Waals surface area contributed by atoms with Gasteiger partial charge < -0.3 is 24.4 Å². The predicted molar refractivity (Wildman–Crippen MR) is 121 cm³/mol. The molecule has 168 valence electrons. The molecule has 0 unspecified atom stereocenters. The Morgan fingerprint density at radius 3 is 2.06 bits per heavy atom. The summed E-state index contributed by atoms with van der Waals surface area (Å²) in [6, 6.07) is 12.0. The van der Waals surface area contributed by atoms with Crippen molar-refractivity contribution in [3.8, 4) is 17.2 Å². The van der Waals surface area contributed by atoms with Crippen LogP contribution in [-0.2, 0) is 0 Å². The number of nitrogens with zero attached hydrogens (tertiary/aromatic N) is 2. The first kappa shape index (κ1) is 22.9. The number of methoxy groups -OCH3 is 3. The van der Waals surface area contributed by atoms with Gasteiger partial charge in [0.2, 0.25) is 5.75 Å². The molecule has 0 aromatic heterocycles. The summed E-state index contributed by atoms with van der Waals surface area (Å²) in [4.78, 5) is 17.8. The lowest BCUT2D eigenvalue weighted by molar-refractivity contribution is 0.0885. The predicted octanol–water partition coefficient (Wildman–Crippen LogP) is 2.74. The highest BCUT2D eigenvalue weighted by Gasteiger charge is 2.25. The minimum absolute atomic E-state index is 0.111. The molecule has 1 heterocycles. The van der Waals surface area contributed by atoms with Crippen molar-refractivity contribution in [2.75, 3.05) is 61.1 Å². The summed E-state index contributed by atoms with van der Waals surface area (Å²) in [6.45, 7) is 6.57. The molecular formula is C24H33N3O4. The van der Waals surface area contributed by atoms with Crippen molar-refractivity contribution in [1.29, 1.82) is 0 Å². The Balaban J connectivity index is 1.79. The summed E-state index contributed by atoms with van der Waals surface area (Å²) in [6.07, 6.45) is 0. The molecule has 1 atom stereocenters. The van der Waals surface area contributed by atoms with E-state index in [1.54, 1.807) is 33.5 Å². The van der Waals surface area contributed by atoms with E-state index in [2.05, 4.69) is 53.4 Å². The van der Waals surface area contributed by atoms with Crippen LogP contribution in [-0.4, -0.2) is 76.8 Å². The second-order valence-corrected chi connectivity index (χ2v) is 7.89. The van der Waals surface area contributed by atoms with E-state index in [1.165, 1.54) is 11.1 Å². The molecule has 1 N–H and O–H groups in total. The van der Waals surface area contributed by atoms with E-state index >= 15 is 0 Å². The molecule has 3 rings (SSSR count). The minimum atomic E-state index is -0.175. The number of aryl methyl sites for hydroxylation is 1. The van der Waals surface area contributed by atoms with Crippen molar-refractivity contribution in [2.45, 2.75) is 13.0 Å². The molecule has 0 aliphatic carbocycles. The molecule has 0 radical (unpaired) electrons. The number of amides is 1. The smallest absolute Gasteiger partial charge is 0.251 e. The number of nitrogens with one attached hydrogen (secondary N) is 1. The van der Waals surface area contributed by atoms with Gasteiger partial charge in [-0.25, -0.2) is 0 Å². The van der Waals surface area contributed by atoms with Crippen LogP contribution in [0.1, 0.15) is 27.5 Å². The van der Waals surface area contributed by atoms with E-state index in [0.29, 0.717) is 29.4 Å². The van der Waals surface area contributed by atoms with E-state index in [4.69, 9.17) is 14.2 Å². The largest absolute Gasteiger partial charge is 0.493 e. The van der Waals surface area contributed by atoms with Crippen LogP contribution in [0.15, 0.2) is 36.4 Å². The first-order valence-electron chi connectivity index (χ1n) is 10.5. The third-order valence-corrected chi connectivity index (χ3v) is 5.82. The molecule has 7 nitrogen and oxygen atoms in total. The number of piperazine rings is 1. The van der Waals surface area contributed by atoms with Crippen molar-refractivity contribution in [1.82, 2.24) is 15.1 Å². The number of rotatable bonds is 8. The van der Waals surface area contributed by atoms with Crippen LogP contribution < -0.4 is 19.5 Å². The van der Waals surface area contributed by atoms with Gasteiger partial charge in [0.05, 0.1) is 27.4 Å². The molecule has 2 aromatic carbocycles. The normalized spacial score (nSPS) is 15.9. The highest BCUT2D eigenvalue weighted by Crippen LogP contribution is 2.38. The van der Waals surface area contributed by atoms with Crippen molar-refractivity contribution < 1.29 is 19.0 Å². The highest BCUT2D eigenvalue weighted by atomic mass is 16.5. The van der Waals surface area contributed by atoms with Crippen LogP contribution in [0, 0.1) is 6.92 Å². The van der Waals surface area contributed by atoms with Gasteiger partial charge in [-0.3, -0.25) is 9.69 Å². The van der Waals surface area contributed by atoms with Gasteiger partial charge >= 0.3 is 0 Å². The number of hydrogen-bond acceptors (Lipinski definition) is 6. The summed E-state index contributed by atoms with van der Waals surface area (Å²) in [5.41, 5.74) is 2.90. The molecule has 31 heavy (non-hydrogen) atoms. The van der Waals surface area contributed by atoms with Crippen molar-refractivity contribution in [2.24, 2.45) is 0 Å². The van der Waals surface area contributed by atoms with Crippen LogP contribution in [0.2, 0.25) is 0 Å². The van der Waals surface area contributed by atoms with Gasteiger partial charge in [0.25, 0.3) is 5.91 Å². The molecule has 0 spiro atoms. The average molecular weight is 428 g/mol. The van der Waals surface area contributed by atoms with Gasteiger partial charge in [-0.15, -0.1) is 0 Å². The molecule has 0 bridgehead atoms. The molecule has 1 saturated heterocycles. The molecule has 0 saturated carbocycles. The third-order valence-electron chi connectivity index (χ3n) is 5.82. The van der Waals surface area contributed by atoms with Gasteiger partial charge in [0.1, 0.15) is 0 Å². The van der Waals surface area contributed by atoms with Gasteiger partial charge in [-0.2, -0.15) is 0 Å². The maximum absolute atomic E-state index is 13.0. The Morgan fingerprint density at radius 1 is 0.968 bits per heavy atom. The molecule has 1 aliphatic heterocycles. The third kappa shape index (κ3) is 5.48. The molecule has 1 aliphatic rings. The number of ether oxygens (including phenoxy) is 3. The van der Waals surface area contributed by atoms with Crippen LogP contribution in [0.4, 0.5) is 0 Å². The fourth-order valence-electron chi connectivity index (χ4n) is 3.88. The average Bonchev–Trinajstić information content (AvgIpc) is 2.80. The summed E-state index contributed by atoms with van der Waals surface area (Å²) < 4.78 is 16.1. The molecule has 1 amide bonds. The number of benzene rings is 2. The van der Waals surface area contributed by atoms with E-state index in [0.717, 1.165) is 26.2 Å². The number of carbonyl (C=O) groups is 1. The van der Waals surface area contributed by atoms with Gasteiger partial charge in [0, 0.05) is 38.3 Å². The Labute approximate surface area is 184 Å². The van der Waals surface area contributed by atoms with Crippen molar-refractivity contribution in [3.63, 3.8) is 0 Å². The standard InChI is InChI=1S/C24H33N3O4/c1-17-6-8-18(9-7-17)20(27-12-10-26(2)11-13-27)16-25-24(28)19-14-21(29-3)23(31-5)22(15-19)30-4/h6-9,14-15,20H,10-13,16H2,1-5H3,(H,25,28)/t20-/m0/s1. The summed E-state index contributed by atoms with van der Waals surface area (Å²) >= 11 is 0. The second-order valence-electron chi connectivity index (χ2n) is 7.89. The minimum Gasteiger partial charge on any atom is -0.493 e. The summed E-state index contributed by atoms with van der Waals surface area (Å²) in [7, 11) is 6.77. The van der Waals surface area contributed by atoms with Crippen molar-refractivity contribution >= 4 is 5.91 Å². The van der Waals surface area contributed by atoms with Crippen molar-refractivity contribution in [3.05, 3.63) is 53.1 Å². The molecule has 7 heteroatoms. The van der Waals surface area contributed by atoms with E-state index in [9.17, 15) is 4.79 Å². The lowest BCUT2D eigenvalue weighted by Gasteiger charge is -2.38. The SMILES string of the molecule is COc1cc(C(=O)NC[C@@H](c2ccc(C)cc2)N2CCN(C)CC2)cc(OC)c1OC. The molecular weight excluding hydrogens is 394 g/mol. The maximum Gasteiger partial charge on any atom is 0.251 e. The lowest BCUT2D eigenvalue weighted by Crippen LogP contribution is -2.48. The quantitative estimate of drug-likeness (QED) is 0.699. The molecule has 2 aromatic rings. The Hall–Kier alpha value is -2.77. The Morgan fingerprint density at radius 2 is 1.55 bits per heavy atom. The maximum atomic E-state index is 13.0. The second kappa shape index (κ2) is 10.5. The topological polar surface area (TPSA) is 63.3 Å². The monoisotopic (exact) mass is 427 g/mol. The number of carbonyl (C=O) groups excluding carboxylic acids is 1. The Bertz CT molecular complexity index is 852. The zero-order chi connectivity index (χ0) is 22.4. The van der Waals surface area contributed by atoms with Gasteiger partial charge in [-0.1, -0.05) is 29.8 Å². The summed E-state index contributed by atoms with van der Waals surface area (Å²) in [5, 5.41) is 3.11. The van der Waals surface area contributed by atoms with Gasteiger partial charge in [0.15, 0.2) is 11.5 Å². The zero-order valence-electron chi connectivity index (χ0n) is 19.1. The van der Waals surface area contributed by atoms with E-state index in [-0.39, 0.29) is 11.9 Å². The van der Waals surface area contributed by atoms with Crippen LogP contribution >= 0.6 is 0 Å².